The Morgan fingerprint density at radius 2 is 1.45 bits per heavy atom. The molecule has 1 rings (SSSR count). The van der Waals surface area contributed by atoms with Crippen LogP contribution in [0.2, 0.25) is 0 Å². The first kappa shape index (κ1) is 18.3. The van der Waals surface area contributed by atoms with Gasteiger partial charge in [-0.25, -0.2) is 0 Å². The van der Waals surface area contributed by atoms with Gasteiger partial charge < -0.3 is 4.90 Å². The molecule has 0 aromatic heterocycles. The molecule has 2 nitrogen and oxygen atoms in total. The van der Waals surface area contributed by atoms with Gasteiger partial charge in [0.25, 0.3) is 0 Å². The number of rotatable bonds is 4. The fourth-order valence-corrected chi connectivity index (χ4v) is 1.92. The standard InChI is InChI=1S/C14H15F6NO/c1-9(2)8-21(10-6-4-3-5-7-10)12(22)11(13(15,16)17)14(18,19)20/h3-7,9,11H,8H2,1-2H3. The lowest BCUT2D eigenvalue weighted by molar-refractivity contribution is -0.273. The van der Waals surface area contributed by atoms with Crippen LogP contribution in [0.3, 0.4) is 0 Å². The van der Waals surface area contributed by atoms with Gasteiger partial charge in [0.2, 0.25) is 11.8 Å². The Hall–Kier alpha value is -1.73. The maximum Gasteiger partial charge on any atom is 0.409 e. The van der Waals surface area contributed by atoms with Gasteiger partial charge >= 0.3 is 12.4 Å². The Labute approximate surface area is 123 Å². The van der Waals surface area contributed by atoms with Crippen LogP contribution in [0.25, 0.3) is 0 Å². The number of anilines is 1. The van der Waals surface area contributed by atoms with Crippen molar-refractivity contribution < 1.29 is 31.1 Å². The molecule has 0 aliphatic rings. The summed E-state index contributed by atoms with van der Waals surface area (Å²) in [5.41, 5.74) is -0.000278. The van der Waals surface area contributed by atoms with Crippen LogP contribution in [-0.4, -0.2) is 24.8 Å². The number of amides is 1. The highest BCUT2D eigenvalue weighted by Gasteiger charge is 2.62. The topological polar surface area (TPSA) is 20.3 Å². The highest BCUT2D eigenvalue weighted by atomic mass is 19.4. The van der Waals surface area contributed by atoms with Crippen molar-refractivity contribution >= 4 is 11.6 Å². The van der Waals surface area contributed by atoms with E-state index in [1.807, 2.05) is 0 Å². The summed E-state index contributed by atoms with van der Waals surface area (Å²) in [5, 5.41) is 0. The summed E-state index contributed by atoms with van der Waals surface area (Å²) in [7, 11) is 0. The molecule has 0 aliphatic heterocycles. The van der Waals surface area contributed by atoms with E-state index < -0.39 is 24.2 Å². The lowest BCUT2D eigenvalue weighted by Crippen LogP contribution is -2.50. The number of hydrogen-bond acceptors (Lipinski definition) is 1. The largest absolute Gasteiger partial charge is 0.409 e. The number of halogens is 6. The minimum Gasteiger partial charge on any atom is -0.311 e. The first-order chi connectivity index (χ1) is 9.94. The van der Waals surface area contributed by atoms with Crippen LogP contribution in [0.15, 0.2) is 30.3 Å². The summed E-state index contributed by atoms with van der Waals surface area (Å²) in [6.45, 7) is 2.95. The van der Waals surface area contributed by atoms with Crippen LogP contribution in [0.1, 0.15) is 13.8 Å². The van der Waals surface area contributed by atoms with E-state index in [-0.39, 0.29) is 18.2 Å². The van der Waals surface area contributed by atoms with E-state index >= 15 is 0 Å². The summed E-state index contributed by atoms with van der Waals surface area (Å²) in [5.74, 6) is -6.34. The van der Waals surface area contributed by atoms with Crippen molar-refractivity contribution in [3.63, 3.8) is 0 Å². The molecular weight excluding hydrogens is 312 g/mol. The third-order valence-corrected chi connectivity index (χ3v) is 2.78. The predicted molar refractivity (Wildman–Crippen MR) is 69.2 cm³/mol. The summed E-state index contributed by atoms with van der Waals surface area (Å²) in [6.07, 6.45) is -11.4. The first-order valence-corrected chi connectivity index (χ1v) is 6.44. The van der Waals surface area contributed by atoms with Crippen LogP contribution in [0.5, 0.6) is 0 Å². The van der Waals surface area contributed by atoms with E-state index in [1.54, 1.807) is 19.9 Å². The minimum atomic E-state index is -5.70. The highest BCUT2D eigenvalue weighted by molar-refractivity contribution is 5.96. The molecule has 0 bridgehead atoms. The number of carbonyl (C=O) groups is 1. The van der Waals surface area contributed by atoms with Gasteiger partial charge in [-0.1, -0.05) is 32.0 Å². The average Bonchev–Trinajstić information content (AvgIpc) is 2.33. The molecule has 124 valence electrons. The van der Waals surface area contributed by atoms with Gasteiger partial charge in [0, 0.05) is 12.2 Å². The Bertz CT molecular complexity index is 480. The van der Waals surface area contributed by atoms with E-state index in [0.717, 1.165) is 0 Å². The molecule has 1 aromatic carbocycles. The van der Waals surface area contributed by atoms with Crippen molar-refractivity contribution in [2.24, 2.45) is 11.8 Å². The Morgan fingerprint density at radius 1 is 1.00 bits per heavy atom. The van der Waals surface area contributed by atoms with Crippen molar-refractivity contribution in [1.29, 1.82) is 0 Å². The molecule has 0 unspecified atom stereocenters. The monoisotopic (exact) mass is 327 g/mol. The normalized spacial score (nSPS) is 12.8. The molecule has 0 radical (unpaired) electrons. The molecule has 0 fully saturated rings. The highest BCUT2D eigenvalue weighted by Crippen LogP contribution is 2.41. The molecule has 0 saturated carbocycles. The van der Waals surface area contributed by atoms with Crippen LogP contribution >= 0.6 is 0 Å². The Morgan fingerprint density at radius 3 is 1.82 bits per heavy atom. The molecule has 0 N–H and O–H groups in total. The van der Waals surface area contributed by atoms with Gasteiger partial charge in [0.15, 0.2) is 0 Å². The number of alkyl halides is 6. The second-order valence-electron chi connectivity index (χ2n) is 5.19. The molecule has 8 heteroatoms. The first-order valence-electron chi connectivity index (χ1n) is 6.44. The van der Waals surface area contributed by atoms with Gasteiger partial charge in [-0.3, -0.25) is 4.79 Å². The van der Waals surface area contributed by atoms with Crippen molar-refractivity contribution in [3.8, 4) is 0 Å². The van der Waals surface area contributed by atoms with Crippen molar-refractivity contribution in [2.75, 3.05) is 11.4 Å². The molecule has 0 atom stereocenters. The molecular formula is C14H15F6NO. The molecule has 0 spiro atoms. The number of carbonyl (C=O) groups excluding carboxylic acids is 1. The van der Waals surface area contributed by atoms with Gasteiger partial charge in [-0.2, -0.15) is 26.3 Å². The Kier molecular flexibility index (Phi) is 5.48. The van der Waals surface area contributed by atoms with E-state index in [1.165, 1.54) is 24.3 Å². The SMILES string of the molecule is CC(C)CN(C(=O)C(C(F)(F)F)C(F)(F)F)c1ccccc1. The second kappa shape index (κ2) is 6.58. The molecule has 0 heterocycles. The summed E-state index contributed by atoms with van der Waals surface area (Å²) < 4.78 is 76.3. The summed E-state index contributed by atoms with van der Waals surface area (Å²) >= 11 is 0. The van der Waals surface area contributed by atoms with E-state index in [4.69, 9.17) is 0 Å². The summed E-state index contributed by atoms with van der Waals surface area (Å²) in [4.78, 5) is 12.5. The molecule has 1 amide bonds. The van der Waals surface area contributed by atoms with Crippen LogP contribution < -0.4 is 4.90 Å². The fraction of sp³-hybridized carbons (Fsp3) is 0.500. The zero-order valence-corrected chi connectivity index (χ0v) is 11.9. The minimum absolute atomic E-state index is 0.000278. The second-order valence-corrected chi connectivity index (χ2v) is 5.19. The van der Waals surface area contributed by atoms with Crippen molar-refractivity contribution in [2.45, 2.75) is 26.2 Å². The third-order valence-electron chi connectivity index (χ3n) is 2.78. The van der Waals surface area contributed by atoms with Crippen LogP contribution in [0.4, 0.5) is 32.0 Å². The third kappa shape index (κ3) is 4.64. The molecule has 0 aliphatic carbocycles. The van der Waals surface area contributed by atoms with Crippen molar-refractivity contribution in [3.05, 3.63) is 30.3 Å². The maximum absolute atomic E-state index is 12.7. The molecule has 1 aromatic rings. The van der Waals surface area contributed by atoms with Crippen LogP contribution in [0, 0.1) is 11.8 Å². The van der Waals surface area contributed by atoms with E-state index in [0.29, 0.717) is 4.90 Å². The van der Waals surface area contributed by atoms with E-state index in [9.17, 15) is 31.1 Å². The van der Waals surface area contributed by atoms with E-state index in [2.05, 4.69) is 0 Å². The van der Waals surface area contributed by atoms with Crippen molar-refractivity contribution in [1.82, 2.24) is 0 Å². The fourth-order valence-electron chi connectivity index (χ4n) is 1.92. The van der Waals surface area contributed by atoms with Gasteiger partial charge in [-0.05, 0) is 18.1 Å². The van der Waals surface area contributed by atoms with Gasteiger partial charge in [-0.15, -0.1) is 0 Å². The quantitative estimate of drug-likeness (QED) is 0.750. The lowest BCUT2D eigenvalue weighted by atomic mass is 10.0. The average molecular weight is 327 g/mol. The molecule has 22 heavy (non-hydrogen) atoms. The number of para-hydroxylation sites is 1. The maximum atomic E-state index is 12.7. The smallest absolute Gasteiger partial charge is 0.311 e. The zero-order valence-electron chi connectivity index (χ0n) is 11.9. The zero-order chi connectivity index (χ0) is 17.1. The lowest BCUT2D eigenvalue weighted by Gasteiger charge is -2.30. The molecule has 0 saturated heterocycles. The Balaban J connectivity index is 3.26. The number of benzene rings is 1. The van der Waals surface area contributed by atoms with Crippen LogP contribution in [-0.2, 0) is 4.79 Å². The van der Waals surface area contributed by atoms with Gasteiger partial charge in [0.1, 0.15) is 0 Å². The van der Waals surface area contributed by atoms with Gasteiger partial charge in [0.05, 0.1) is 0 Å². The summed E-state index contributed by atoms with van der Waals surface area (Å²) in [6, 6.07) is 7.01. The predicted octanol–water partition coefficient (Wildman–Crippen LogP) is 4.42. The number of nitrogens with zero attached hydrogens (tertiary/aromatic N) is 1. The number of hydrogen-bond donors (Lipinski definition) is 0.